The average molecular weight is 413 g/mol. The van der Waals surface area contributed by atoms with Crippen LogP contribution in [0.5, 0.6) is 0 Å². The van der Waals surface area contributed by atoms with Gasteiger partial charge in [0.05, 0.1) is 0 Å². The summed E-state index contributed by atoms with van der Waals surface area (Å²) in [6.07, 6.45) is 2.54. The molecule has 1 unspecified atom stereocenters. The SMILES string of the molecule is CC(=O)N1CCC(c2nc(C)cc(NCC3(c4cccc(F)c4)CCOCC3)n2)C1. The summed E-state index contributed by atoms with van der Waals surface area (Å²) in [5.74, 6) is 1.61. The van der Waals surface area contributed by atoms with E-state index < -0.39 is 0 Å². The van der Waals surface area contributed by atoms with Crippen LogP contribution in [0.4, 0.5) is 10.2 Å². The average Bonchev–Trinajstić information content (AvgIpc) is 3.23. The number of rotatable bonds is 5. The van der Waals surface area contributed by atoms with Crippen LogP contribution in [0, 0.1) is 12.7 Å². The van der Waals surface area contributed by atoms with Gasteiger partial charge in [-0.15, -0.1) is 0 Å². The van der Waals surface area contributed by atoms with E-state index in [4.69, 9.17) is 9.72 Å². The molecule has 1 atom stereocenters. The zero-order valence-electron chi connectivity index (χ0n) is 17.7. The lowest BCUT2D eigenvalue weighted by molar-refractivity contribution is -0.127. The highest BCUT2D eigenvalue weighted by Crippen LogP contribution is 2.35. The van der Waals surface area contributed by atoms with Crippen LogP contribution in [0.2, 0.25) is 0 Å². The first-order valence-electron chi connectivity index (χ1n) is 10.6. The van der Waals surface area contributed by atoms with Crippen molar-refractivity contribution < 1.29 is 13.9 Å². The van der Waals surface area contributed by atoms with E-state index in [1.165, 1.54) is 6.07 Å². The van der Waals surface area contributed by atoms with Gasteiger partial charge in [0.2, 0.25) is 5.91 Å². The normalized spacial score (nSPS) is 20.9. The quantitative estimate of drug-likeness (QED) is 0.815. The fourth-order valence-corrected chi connectivity index (χ4v) is 4.53. The van der Waals surface area contributed by atoms with Gasteiger partial charge in [0.1, 0.15) is 17.5 Å². The first-order chi connectivity index (χ1) is 14.4. The molecule has 1 amide bonds. The monoisotopic (exact) mass is 412 g/mol. The van der Waals surface area contributed by atoms with Gasteiger partial charge in [0, 0.05) is 62.9 Å². The van der Waals surface area contributed by atoms with Gasteiger partial charge < -0.3 is 15.0 Å². The highest BCUT2D eigenvalue weighted by Gasteiger charge is 2.35. The van der Waals surface area contributed by atoms with E-state index in [1.54, 1.807) is 19.1 Å². The zero-order valence-corrected chi connectivity index (χ0v) is 17.7. The number of anilines is 1. The van der Waals surface area contributed by atoms with E-state index in [0.717, 1.165) is 48.7 Å². The Hall–Kier alpha value is -2.54. The maximum absolute atomic E-state index is 13.9. The van der Waals surface area contributed by atoms with Crippen LogP contribution in [0.15, 0.2) is 30.3 Å². The van der Waals surface area contributed by atoms with Crippen LogP contribution in [-0.4, -0.2) is 53.6 Å². The Morgan fingerprint density at radius 1 is 1.30 bits per heavy atom. The molecular formula is C23H29FN4O2. The van der Waals surface area contributed by atoms with Crippen molar-refractivity contribution >= 4 is 11.7 Å². The third-order valence-corrected chi connectivity index (χ3v) is 6.37. The largest absolute Gasteiger partial charge is 0.381 e. The van der Waals surface area contributed by atoms with Crippen LogP contribution in [0.25, 0.3) is 0 Å². The summed E-state index contributed by atoms with van der Waals surface area (Å²) in [7, 11) is 0. The van der Waals surface area contributed by atoms with Crippen molar-refractivity contribution in [2.24, 2.45) is 0 Å². The van der Waals surface area contributed by atoms with Gasteiger partial charge in [0.15, 0.2) is 0 Å². The van der Waals surface area contributed by atoms with Gasteiger partial charge in [-0.25, -0.2) is 14.4 Å². The molecule has 1 aromatic heterocycles. The summed E-state index contributed by atoms with van der Waals surface area (Å²) in [6.45, 7) is 6.97. The van der Waals surface area contributed by atoms with Crippen molar-refractivity contribution in [3.8, 4) is 0 Å². The van der Waals surface area contributed by atoms with E-state index >= 15 is 0 Å². The highest BCUT2D eigenvalue weighted by molar-refractivity contribution is 5.73. The topological polar surface area (TPSA) is 67.4 Å². The molecule has 2 aliphatic rings. The fraction of sp³-hybridized carbons (Fsp3) is 0.522. The smallest absolute Gasteiger partial charge is 0.219 e. The van der Waals surface area contributed by atoms with Gasteiger partial charge >= 0.3 is 0 Å². The number of aryl methyl sites for hydroxylation is 1. The minimum atomic E-state index is -0.213. The number of hydrogen-bond acceptors (Lipinski definition) is 5. The Bertz CT molecular complexity index is 914. The van der Waals surface area contributed by atoms with Gasteiger partial charge in [-0.2, -0.15) is 0 Å². The second kappa shape index (κ2) is 8.68. The Kier molecular flexibility index (Phi) is 5.99. The fourth-order valence-electron chi connectivity index (χ4n) is 4.53. The molecule has 0 bridgehead atoms. The third-order valence-electron chi connectivity index (χ3n) is 6.37. The molecule has 1 N–H and O–H groups in total. The third kappa shape index (κ3) is 4.46. The minimum Gasteiger partial charge on any atom is -0.381 e. The molecule has 0 aliphatic carbocycles. The van der Waals surface area contributed by atoms with Crippen LogP contribution in [0.3, 0.4) is 0 Å². The molecule has 1 aromatic carbocycles. The van der Waals surface area contributed by atoms with Crippen LogP contribution < -0.4 is 5.32 Å². The van der Waals surface area contributed by atoms with E-state index in [1.807, 2.05) is 24.0 Å². The zero-order chi connectivity index (χ0) is 21.1. The van der Waals surface area contributed by atoms with Gasteiger partial charge in [0.25, 0.3) is 0 Å². The number of carbonyl (C=O) groups excluding carboxylic acids is 1. The molecule has 30 heavy (non-hydrogen) atoms. The lowest BCUT2D eigenvalue weighted by Crippen LogP contribution is -2.40. The summed E-state index contributed by atoms with van der Waals surface area (Å²) in [5, 5.41) is 3.50. The van der Waals surface area contributed by atoms with E-state index in [2.05, 4.69) is 10.3 Å². The minimum absolute atomic E-state index is 0.0973. The second-order valence-electron chi connectivity index (χ2n) is 8.46. The summed E-state index contributed by atoms with van der Waals surface area (Å²) >= 11 is 0. The molecule has 0 spiro atoms. The number of amides is 1. The van der Waals surface area contributed by atoms with E-state index in [-0.39, 0.29) is 23.1 Å². The number of ether oxygens (including phenoxy) is 1. The molecular weight excluding hydrogens is 383 g/mol. The van der Waals surface area contributed by atoms with Gasteiger partial charge in [-0.1, -0.05) is 12.1 Å². The summed E-state index contributed by atoms with van der Waals surface area (Å²) < 4.78 is 19.5. The van der Waals surface area contributed by atoms with Crippen LogP contribution in [0.1, 0.15) is 49.2 Å². The molecule has 2 aromatic rings. The Balaban J connectivity index is 1.53. The predicted octanol–water partition coefficient (Wildman–Crippen LogP) is 3.42. The summed E-state index contributed by atoms with van der Waals surface area (Å²) in [5.41, 5.74) is 1.70. The molecule has 2 saturated heterocycles. The van der Waals surface area contributed by atoms with E-state index in [9.17, 15) is 9.18 Å². The first-order valence-corrected chi connectivity index (χ1v) is 10.6. The number of hydrogen-bond donors (Lipinski definition) is 1. The predicted molar refractivity (Wildman–Crippen MR) is 113 cm³/mol. The standard InChI is InChI=1S/C23H29FN4O2/c1-16-12-21(27-22(26-16)18-6-9-28(14-18)17(2)29)25-15-23(7-10-30-11-8-23)19-4-3-5-20(24)13-19/h3-5,12-13,18H,6-11,14-15H2,1-2H3,(H,25,26,27). The van der Waals surface area contributed by atoms with Crippen molar-refractivity contribution in [1.82, 2.24) is 14.9 Å². The lowest BCUT2D eigenvalue weighted by atomic mass is 9.74. The number of carbonyl (C=O) groups is 1. The number of benzene rings is 1. The van der Waals surface area contributed by atoms with Gasteiger partial charge in [-0.3, -0.25) is 4.79 Å². The Morgan fingerprint density at radius 3 is 2.80 bits per heavy atom. The number of nitrogens with one attached hydrogen (secondary N) is 1. The van der Waals surface area contributed by atoms with Crippen molar-refractivity contribution in [3.05, 3.63) is 53.2 Å². The molecule has 2 aliphatic heterocycles. The molecule has 160 valence electrons. The van der Waals surface area contributed by atoms with Gasteiger partial charge in [-0.05, 0) is 43.9 Å². The number of halogens is 1. The van der Waals surface area contributed by atoms with Crippen molar-refractivity contribution in [3.63, 3.8) is 0 Å². The molecule has 2 fully saturated rings. The van der Waals surface area contributed by atoms with Crippen molar-refractivity contribution in [2.75, 3.05) is 38.2 Å². The summed E-state index contributed by atoms with van der Waals surface area (Å²) in [6, 6.07) is 8.84. The second-order valence-corrected chi connectivity index (χ2v) is 8.46. The number of likely N-dealkylation sites (tertiary alicyclic amines) is 1. The Morgan fingerprint density at radius 2 is 2.10 bits per heavy atom. The molecule has 7 heteroatoms. The maximum atomic E-state index is 13.9. The summed E-state index contributed by atoms with van der Waals surface area (Å²) in [4.78, 5) is 22.9. The van der Waals surface area contributed by atoms with Crippen molar-refractivity contribution in [1.29, 1.82) is 0 Å². The lowest BCUT2D eigenvalue weighted by Gasteiger charge is -2.38. The maximum Gasteiger partial charge on any atom is 0.219 e. The molecule has 3 heterocycles. The van der Waals surface area contributed by atoms with E-state index in [0.29, 0.717) is 26.3 Å². The Labute approximate surface area is 176 Å². The van der Waals surface area contributed by atoms with Crippen molar-refractivity contribution in [2.45, 2.75) is 44.4 Å². The molecule has 0 radical (unpaired) electrons. The van der Waals surface area contributed by atoms with Crippen LogP contribution in [-0.2, 0) is 14.9 Å². The number of nitrogens with zero attached hydrogens (tertiary/aromatic N) is 3. The first kappa shape index (κ1) is 20.7. The van der Waals surface area contributed by atoms with Crippen LogP contribution >= 0.6 is 0 Å². The molecule has 0 saturated carbocycles. The molecule has 6 nitrogen and oxygen atoms in total. The molecule has 4 rings (SSSR count). The number of aromatic nitrogens is 2. The highest BCUT2D eigenvalue weighted by atomic mass is 19.1.